The maximum Gasteiger partial charge on any atom is 0.261 e. The molecule has 0 unspecified atom stereocenters. The largest absolute Gasteiger partial charge is 0.402 e. The minimum atomic E-state index is -2.84. The van der Waals surface area contributed by atoms with Crippen LogP contribution in [0, 0.1) is 5.92 Å². The van der Waals surface area contributed by atoms with Crippen LogP contribution in [0.25, 0.3) is 0 Å². The summed E-state index contributed by atoms with van der Waals surface area (Å²) in [4.78, 5) is 0. The van der Waals surface area contributed by atoms with Crippen LogP contribution < -0.4 is 26.3 Å². The molecular formula is C47H52O2PSi+. The molecule has 6 aromatic carbocycles. The van der Waals surface area contributed by atoms with E-state index in [2.05, 4.69) is 210 Å². The number of ether oxygens (including phenoxy) is 1. The summed E-state index contributed by atoms with van der Waals surface area (Å²) in [7, 11) is -4.85. The molecule has 0 saturated carbocycles. The lowest BCUT2D eigenvalue weighted by Crippen LogP contribution is -2.68. The Kier molecular flexibility index (Phi) is 12.2. The first-order chi connectivity index (χ1) is 24.8. The first-order valence-corrected chi connectivity index (χ1v) is 22.2. The van der Waals surface area contributed by atoms with Crippen LogP contribution in [-0.2, 0) is 15.8 Å². The first-order valence-electron chi connectivity index (χ1n) is 18.3. The van der Waals surface area contributed by atoms with Crippen molar-refractivity contribution in [2.75, 3.05) is 12.8 Å². The van der Waals surface area contributed by atoms with Gasteiger partial charge in [-0.3, -0.25) is 0 Å². The van der Waals surface area contributed by atoms with Gasteiger partial charge < -0.3 is 9.16 Å². The van der Waals surface area contributed by atoms with E-state index in [-0.39, 0.29) is 17.1 Å². The summed E-state index contributed by atoms with van der Waals surface area (Å²) in [5.74, 6) is 0.220. The van der Waals surface area contributed by atoms with E-state index >= 15 is 0 Å². The molecule has 0 heterocycles. The molecule has 0 radical (unpaired) electrons. The van der Waals surface area contributed by atoms with Gasteiger partial charge in [-0.2, -0.15) is 0 Å². The van der Waals surface area contributed by atoms with Gasteiger partial charge in [0.15, 0.2) is 0 Å². The molecule has 4 heteroatoms. The molecule has 0 saturated heterocycles. The van der Waals surface area contributed by atoms with Crippen molar-refractivity contribution in [2.45, 2.75) is 51.9 Å². The zero-order chi connectivity index (χ0) is 35.6. The normalized spacial score (nSPS) is 13.4. The van der Waals surface area contributed by atoms with Gasteiger partial charge in [-0.1, -0.05) is 173 Å². The van der Waals surface area contributed by atoms with Gasteiger partial charge >= 0.3 is 0 Å². The average molecular weight is 708 g/mol. The minimum absolute atomic E-state index is 0.121. The quantitative estimate of drug-likeness (QED) is 0.0783. The number of rotatable bonds is 15. The second kappa shape index (κ2) is 16.9. The third-order valence-corrected chi connectivity index (χ3v) is 19.8. The van der Waals surface area contributed by atoms with Crippen molar-refractivity contribution in [2.24, 2.45) is 5.92 Å². The summed E-state index contributed by atoms with van der Waals surface area (Å²) in [5.41, 5.74) is 1.18. The smallest absolute Gasteiger partial charge is 0.261 e. The fourth-order valence-corrected chi connectivity index (χ4v) is 16.8. The molecule has 0 bridgehead atoms. The highest BCUT2D eigenvalue weighted by molar-refractivity contribution is 7.95. The van der Waals surface area contributed by atoms with Gasteiger partial charge in [-0.05, 0) is 69.7 Å². The Morgan fingerprint density at radius 3 is 1.29 bits per heavy atom. The van der Waals surface area contributed by atoms with Crippen LogP contribution in [0.3, 0.4) is 0 Å². The van der Waals surface area contributed by atoms with Gasteiger partial charge in [0.1, 0.15) is 23.2 Å². The number of hydrogen-bond acceptors (Lipinski definition) is 2. The highest BCUT2D eigenvalue weighted by Gasteiger charge is 2.52. The third-order valence-electron chi connectivity index (χ3n) is 10.3. The van der Waals surface area contributed by atoms with Crippen LogP contribution in [0.4, 0.5) is 0 Å². The molecule has 260 valence electrons. The highest BCUT2D eigenvalue weighted by atomic mass is 31.2. The SMILES string of the molecule is C[C@@H](CC[P+](c1ccccc1)(c1ccccc1)c1ccccc1)[C@@H](COCc1ccccc1)O[Si](c1ccccc1)(c1ccccc1)C(C)(C)C. The minimum Gasteiger partial charge on any atom is -0.402 e. The van der Waals surface area contributed by atoms with Crippen molar-refractivity contribution >= 4 is 41.9 Å². The lowest BCUT2D eigenvalue weighted by Gasteiger charge is -2.46. The Morgan fingerprint density at radius 2 is 0.902 bits per heavy atom. The van der Waals surface area contributed by atoms with Gasteiger partial charge in [0.2, 0.25) is 0 Å². The summed E-state index contributed by atoms with van der Waals surface area (Å²) < 4.78 is 14.5. The van der Waals surface area contributed by atoms with E-state index in [0.717, 1.165) is 12.6 Å². The lowest BCUT2D eigenvalue weighted by atomic mass is 10.0. The molecular weight excluding hydrogens is 656 g/mol. The Morgan fingerprint density at radius 1 is 0.529 bits per heavy atom. The maximum atomic E-state index is 7.88. The molecule has 2 nitrogen and oxygen atoms in total. The van der Waals surface area contributed by atoms with E-state index in [9.17, 15) is 0 Å². The van der Waals surface area contributed by atoms with Crippen molar-refractivity contribution in [3.8, 4) is 0 Å². The molecule has 0 aliphatic carbocycles. The fraction of sp³-hybridized carbons (Fsp3) is 0.234. The first kappa shape index (κ1) is 36.7. The molecule has 6 aromatic rings. The molecule has 2 atom stereocenters. The third kappa shape index (κ3) is 8.19. The molecule has 0 N–H and O–H groups in total. The molecule has 0 aliphatic rings. The summed E-state index contributed by atoms with van der Waals surface area (Å²) in [6, 6.07) is 66.2. The van der Waals surface area contributed by atoms with Gasteiger partial charge in [-0.25, -0.2) is 0 Å². The van der Waals surface area contributed by atoms with Gasteiger partial charge in [0, 0.05) is 0 Å². The summed E-state index contributed by atoms with van der Waals surface area (Å²) in [6.45, 7) is 10.6. The fourth-order valence-electron chi connectivity index (χ4n) is 7.57. The summed E-state index contributed by atoms with van der Waals surface area (Å²) in [6.07, 6.45) is 1.90. The van der Waals surface area contributed by atoms with E-state index in [1.807, 2.05) is 0 Å². The summed E-state index contributed by atoms with van der Waals surface area (Å²) in [5, 5.41) is 6.70. The predicted octanol–water partition coefficient (Wildman–Crippen LogP) is 9.17. The average Bonchev–Trinajstić information content (AvgIpc) is 3.18. The predicted molar refractivity (Wildman–Crippen MR) is 222 cm³/mol. The molecule has 0 amide bonds. The Labute approximate surface area is 308 Å². The number of benzene rings is 6. The van der Waals surface area contributed by atoms with Gasteiger partial charge in [0.25, 0.3) is 8.32 Å². The van der Waals surface area contributed by atoms with Crippen LogP contribution in [0.2, 0.25) is 5.04 Å². The zero-order valence-electron chi connectivity index (χ0n) is 30.6. The molecule has 0 spiro atoms. The maximum absolute atomic E-state index is 7.88. The van der Waals surface area contributed by atoms with E-state index in [1.165, 1.54) is 31.9 Å². The van der Waals surface area contributed by atoms with E-state index < -0.39 is 15.6 Å². The van der Waals surface area contributed by atoms with Gasteiger partial charge in [-0.15, -0.1) is 0 Å². The number of hydrogen-bond donors (Lipinski definition) is 0. The van der Waals surface area contributed by atoms with Crippen molar-refractivity contribution < 1.29 is 9.16 Å². The second-order valence-electron chi connectivity index (χ2n) is 14.6. The van der Waals surface area contributed by atoms with E-state index in [1.54, 1.807) is 0 Å². The molecule has 51 heavy (non-hydrogen) atoms. The molecule has 0 aromatic heterocycles. The second-order valence-corrected chi connectivity index (χ2v) is 22.5. The Balaban J connectivity index is 1.42. The monoisotopic (exact) mass is 707 g/mol. The Hall–Kier alpha value is -4.11. The van der Waals surface area contributed by atoms with Crippen molar-refractivity contribution in [3.63, 3.8) is 0 Å². The van der Waals surface area contributed by atoms with Crippen LogP contribution in [0.5, 0.6) is 0 Å². The summed E-state index contributed by atoms with van der Waals surface area (Å²) >= 11 is 0. The Bertz CT molecular complexity index is 1740. The van der Waals surface area contributed by atoms with Crippen LogP contribution in [-0.4, -0.2) is 27.2 Å². The van der Waals surface area contributed by atoms with Crippen molar-refractivity contribution in [1.29, 1.82) is 0 Å². The topological polar surface area (TPSA) is 18.5 Å². The molecule has 0 fully saturated rings. The highest BCUT2D eigenvalue weighted by Crippen LogP contribution is 2.56. The molecule has 6 rings (SSSR count). The van der Waals surface area contributed by atoms with Crippen molar-refractivity contribution in [3.05, 3.63) is 188 Å². The van der Waals surface area contributed by atoms with Gasteiger partial charge in [0.05, 0.1) is 25.5 Å². The van der Waals surface area contributed by atoms with Crippen LogP contribution >= 0.6 is 7.26 Å². The zero-order valence-corrected chi connectivity index (χ0v) is 32.5. The standard InChI is InChI=1S/C47H52O2PSi/c1-39(35-36-50(41-25-13-6-14-26-41,42-27-15-7-16-28-42)43-29-17-8-18-30-43)46(38-48-37-40-23-11-5-12-24-40)49-51(47(2,3)4,44-31-19-9-20-32-44)45-33-21-10-22-34-45/h5-34,39,46H,35-38H2,1-4H3/q+1/t39-,46+/m0/s1. The van der Waals surface area contributed by atoms with Crippen LogP contribution in [0.1, 0.15) is 39.7 Å². The lowest BCUT2D eigenvalue weighted by molar-refractivity contribution is 0.0105. The van der Waals surface area contributed by atoms with E-state index in [4.69, 9.17) is 9.16 Å². The van der Waals surface area contributed by atoms with Crippen molar-refractivity contribution in [1.82, 2.24) is 0 Å². The molecule has 0 aliphatic heterocycles. The van der Waals surface area contributed by atoms with E-state index in [0.29, 0.717) is 13.2 Å². The van der Waals surface area contributed by atoms with Crippen LogP contribution in [0.15, 0.2) is 182 Å².